The van der Waals surface area contributed by atoms with Crippen LogP contribution in [0.5, 0.6) is 0 Å². The third-order valence-corrected chi connectivity index (χ3v) is 3.61. The lowest BCUT2D eigenvalue weighted by Crippen LogP contribution is -2.37. The molecule has 1 aliphatic carbocycles. The third-order valence-electron chi connectivity index (χ3n) is 3.61. The Kier molecular flexibility index (Phi) is 2.90. The minimum atomic E-state index is -0.407. The summed E-state index contributed by atoms with van der Waals surface area (Å²) >= 11 is 0. The lowest BCUT2D eigenvalue weighted by atomic mass is 9.71. The van der Waals surface area contributed by atoms with Crippen LogP contribution in [0.15, 0.2) is 30.3 Å². The van der Waals surface area contributed by atoms with Crippen molar-refractivity contribution in [3.8, 4) is 0 Å². The minimum absolute atomic E-state index is 0.0462. The van der Waals surface area contributed by atoms with E-state index in [-0.39, 0.29) is 23.4 Å². The number of ketones is 2. The largest absolute Gasteiger partial charge is 0.299 e. The third kappa shape index (κ3) is 1.80. The van der Waals surface area contributed by atoms with E-state index in [9.17, 15) is 9.59 Å². The molecule has 0 aliphatic heterocycles. The van der Waals surface area contributed by atoms with Crippen molar-refractivity contribution in [3.05, 3.63) is 35.9 Å². The molecule has 0 spiro atoms. The van der Waals surface area contributed by atoms with E-state index in [1.807, 2.05) is 37.3 Å². The van der Waals surface area contributed by atoms with E-state index in [0.29, 0.717) is 6.42 Å². The highest BCUT2D eigenvalue weighted by molar-refractivity contribution is 6.06. The molecule has 1 aromatic rings. The van der Waals surface area contributed by atoms with Gasteiger partial charge in [0.1, 0.15) is 11.6 Å². The number of rotatable bonds is 1. The molecule has 1 aliphatic rings. The SMILES string of the molecule is CC1C(=O)CC(c2ccccc2)C(C)C1=O. The molecule has 1 aromatic carbocycles. The standard InChI is InChI=1S/C14H16O2/c1-9-12(11-6-4-3-5-7-11)8-13(15)10(2)14(9)16/h3-7,9-10,12H,8H2,1-2H3. The van der Waals surface area contributed by atoms with Crippen molar-refractivity contribution in [1.82, 2.24) is 0 Å². The van der Waals surface area contributed by atoms with Crippen molar-refractivity contribution in [2.24, 2.45) is 11.8 Å². The number of benzene rings is 1. The summed E-state index contributed by atoms with van der Waals surface area (Å²) in [4.78, 5) is 23.6. The van der Waals surface area contributed by atoms with Crippen molar-refractivity contribution in [2.45, 2.75) is 26.2 Å². The monoisotopic (exact) mass is 216 g/mol. The van der Waals surface area contributed by atoms with Crippen LogP contribution in [0.4, 0.5) is 0 Å². The van der Waals surface area contributed by atoms with Gasteiger partial charge in [-0.1, -0.05) is 37.3 Å². The Hall–Kier alpha value is -1.44. The number of hydrogen-bond donors (Lipinski definition) is 0. The molecule has 16 heavy (non-hydrogen) atoms. The van der Waals surface area contributed by atoms with E-state index in [4.69, 9.17) is 0 Å². The van der Waals surface area contributed by atoms with E-state index in [2.05, 4.69) is 0 Å². The first-order chi connectivity index (χ1) is 7.61. The van der Waals surface area contributed by atoms with Crippen molar-refractivity contribution in [2.75, 3.05) is 0 Å². The van der Waals surface area contributed by atoms with Gasteiger partial charge in [0, 0.05) is 18.3 Å². The van der Waals surface area contributed by atoms with Gasteiger partial charge in [0.15, 0.2) is 0 Å². The predicted octanol–water partition coefficient (Wildman–Crippen LogP) is 2.58. The summed E-state index contributed by atoms with van der Waals surface area (Å²) in [6.07, 6.45) is 0.498. The fraction of sp³-hybridized carbons (Fsp3) is 0.429. The molecular formula is C14H16O2. The van der Waals surface area contributed by atoms with E-state index < -0.39 is 5.92 Å². The summed E-state index contributed by atoms with van der Waals surface area (Å²) in [6.45, 7) is 3.66. The Bertz CT molecular complexity index is 408. The maximum Gasteiger partial charge on any atom is 0.146 e. The zero-order valence-corrected chi connectivity index (χ0v) is 9.64. The van der Waals surface area contributed by atoms with Gasteiger partial charge >= 0.3 is 0 Å². The van der Waals surface area contributed by atoms with Crippen LogP contribution in [-0.2, 0) is 9.59 Å². The molecule has 0 saturated heterocycles. The topological polar surface area (TPSA) is 34.1 Å². The van der Waals surface area contributed by atoms with Gasteiger partial charge in [0.25, 0.3) is 0 Å². The van der Waals surface area contributed by atoms with E-state index in [1.54, 1.807) is 6.92 Å². The first-order valence-corrected chi connectivity index (χ1v) is 5.72. The van der Waals surface area contributed by atoms with Crippen LogP contribution in [0.25, 0.3) is 0 Å². The highest BCUT2D eigenvalue weighted by atomic mass is 16.2. The van der Waals surface area contributed by atoms with Gasteiger partial charge in [0.2, 0.25) is 0 Å². The first kappa shape index (κ1) is 11.1. The molecule has 0 bridgehead atoms. The number of carbonyl (C=O) groups excluding carboxylic acids is 2. The minimum Gasteiger partial charge on any atom is -0.299 e. The molecule has 0 N–H and O–H groups in total. The Labute approximate surface area is 95.7 Å². The molecule has 1 fully saturated rings. The quantitative estimate of drug-likeness (QED) is 0.676. The normalized spacial score (nSPS) is 30.5. The van der Waals surface area contributed by atoms with E-state index in [0.717, 1.165) is 5.56 Å². The summed E-state index contributed by atoms with van der Waals surface area (Å²) in [5, 5.41) is 0. The first-order valence-electron chi connectivity index (χ1n) is 5.72. The Morgan fingerprint density at radius 2 is 1.69 bits per heavy atom. The van der Waals surface area contributed by atoms with E-state index in [1.165, 1.54) is 0 Å². The van der Waals surface area contributed by atoms with Crippen molar-refractivity contribution < 1.29 is 9.59 Å². The molecule has 2 rings (SSSR count). The summed E-state index contributed by atoms with van der Waals surface area (Å²) in [7, 11) is 0. The summed E-state index contributed by atoms with van der Waals surface area (Å²) in [5.74, 6) is -0.218. The molecule has 0 heterocycles. The maximum atomic E-state index is 11.9. The maximum absolute atomic E-state index is 11.9. The van der Waals surface area contributed by atoms with Gasteiger partial charge in [-0.25, -0.2) is 0 Å². The van der Waals surface area contributed by atoms with Crippen molar-refractivity contribution >= 4 is 11.6 Å². The molecular weight excluding hydrogens is 200 g/mol. The number of carbonyl (C=O) groups is 2. The average molecular weight is 216 g/mol. The molecule has 84 valence electrons. The molecule has 0 amide bonds. The van der Waals surface area contributed by atoms with Crippen LogP contribution in [0.1, 0.15) is 31.7 Å². The zero-order chi connectivity index (χ0) is 11.7. The van der Waals surface area contributed by atoms with Gasteiger partial charge in [-0.2, -0.15) is 0 Å². The van der Waals surface area contributed by atoms with Crippen LogP contribution < -0.4 is 0 Å². The number of hydrogen-bond acceptors (Lipinski definition) is 2. The van der Waals surface area contributed by atoms with E-state index >= 15 is 0 Å². The highest BCUT2D eigenvalue weighted by Gasteiger charge is 2.38. The summed E-state index contributed by atoms with van der Waals surface area (Å²) < 4.78 is 0. The average Bonchev–Trinajstić information content (AvgIpc) is 2.32. The molecule has 0 radical (unpaired) electrons. The molecule has 1 saturated carbocycles. The van der Waals surface area contributed by atoms with Gasteiger partial charge in [-0.15, -0.1) is 0 Å². The molecule has 3 atom stereocenters. The second kappa shape index (κ2) is 4.20. The van der Waals surface area contributed by atoms with Crippen LogP contribution in [-0.4, -0.2) is 11.6 Å². The van der Waals surface area contributed by atoms with Crippen molar-refractivity contribution in [3.63, 3.8) is 0 Å². The fourth-order valence-corrected chi connectivity index (χ4v) is 2.43. The molecule has 2 nitrogen and oxygen atoms in total. The van der Waals surface area contributed by atoms with Gasteiger partial charge in [-0.3, -0.25) is 9.59 Å². The van der Waals surface area contributed by atoms with Crippen molar-refractivity contribution in [1.29, 1.82) is 0 Å². The van der Waals surface area contributed by atoms with Crippen LogP contribution in [0, 0.1) is 11.8 Å². The van der Waals surface area contributed by atoms with Gasteiger partial charge in [0.05, 0.1) is 5.92 Å². The Morgan fingerprint density at radius 1 is 1.06 bits per heavy atom. The zero-order valence-electron chi connectivity index (χ0n) is 9.64. The van der Waals surface area contributed by atoms with Crippen LogP contribution >= 0.6 is 0 Å². The van der Waals surface area contributed by atoms with Crippen LogP contribution in [0.3, 0.4) is 0 Å². The lowest BCUT2D eigenvalue weighted by molar-refractivity contribution is -0.138. The Morgan fingerprint density at radius 3 is 2.31 bits per heavy atom. The molecule has 3 unspecified atom stereocenters. The lowest BCUT2D eigenvalue weighted by Gasteiger charge is -2.30. The smallest absolute Gasteiger partial charge is 0.146 e. The second-order valence-corrected chi connectivity index (χ2v) is 4.60. The fourth-order valence-electron chi connectivity index (χ4n) is 2.43. The summed E-state index contributed by atoms with van der Waals surface area (Å²) in [6, 6.07) is 9.85. The predicted molar refractivity (Wildman–Crippen MR) is 62.1 cm³/mol. The van der Waals surface area contributed by atoms with Gasteiger partial charge in [-0.05, 0) is 12.5 Å². The molecule has 2 heteroatoms. The number of Topliss-reactive ketones (excluding diaryl/α,β-unsaturated/α-hetero) is 2. The Balaban J connectivity index is 2.30. The van der Waals surface area contributed by atoms with Crippen LogP contribution in [0.2, 0.25) is 0 Å². The molecule has 0 aromatic heterocycles. The summed E-state index contributed by atoms with van der Waals surface area (Å²) in [5.41, 5.74) is 1.10. The van der Waals surface area contributed by atoms with Gasteiger partial charge < -0.3 is 0 Å². The second-order valence-electron chi connectivity index (χ2n) is 4.60. The highest BCUT2D eigenvalue weighted by Crippen LogP contribution is 2.35.